The van der Waals surface area contributed by atoms with Crippen molar-refractivity contribution < 1.29 is 0 Å². The first-order valence-electron chi connectivity index (χ1n) is 8.10. The van der Waals surface area contributed by atoms with Gasteiger partial charge >= 0.3 is 0 Å². The highest BCUT2D eigenvalue weighted by atomic mass is 35.5. The number of nitrogens with one attached hydrogen (secondary N) is 1. The number of fused-ring (bicyclic) bond motifs is 1. The molecule has 1 aromatic heterocycles. The van der Waals surface area contributed by atoms with Gasteiger partial charge in [-0.05, 0) is 54.7 Å². The van der Waals surface area contributed by atoms with Gasteiger partial charge in [0.2, 0.25) is 5.95 Å². The summed E-state index contributed by atoms with van der Waals surface area (Å²) in [5, 5.41) is 8.66. The molecule has 0 amide bonds. The van der Waals surface area contributed by atoms with Gasteiger partial charge in [0.25, 0.3) is 0 Å². The molecule has 24 heavy (non-hydrogen) atoms. The van der Waals surface area contributed by atoms with Crippen LogP contribution >= 0.6 is 11.6 Å². The van der Waals surface area contributed by atoms with Crippen molar-refractivity contribution in [3.05, 3.63) is 76.1 Å². The average Bonchev–Trinajstić information content (AvgIpc) is 3.05. The van der Waals surface area contributed by atoms with E-state index in [4.69, 9.17) is 11.6 Å². The highest BCUT2D eigenvalue weighted by Crippen LogP contribution is 2.38. The number of aromatic nitrogens is 3. The Hall–Kier alpha value is -2.33. The second kappa shape index (κ2) is 5.95. The number of anilines is 1. The summed E-state index contributed by atoms with van der Waals surface area (Å²) in [6.45, 7) is 4.29. The van der Waals surface area contributed by atoms with Crippen LogP contribution in [-0.2, 0) is 0 Å². The molecule has 122 valence electrons. The molecule has 2 atom stereocenters. The van der Waals surface area contributed by atoms with Crippen molar-refractivity contribution in [2.75, 3.05) is 5.32 Å². The zero-order chi connectivity index (χ0) is 16.7. The molecule has 4 nitrogen and oxygen atoms in total. The van der Waals surface area contributed by atoms with E-state index in [0.717, 1.165) is 23.0 Å². The zero-order valence-electron chi connectivity index (χ0n) is 13.7. The minimum atomic E-state index is 0.119. The first kappa shape index (κ1) is 15.2. The molecule has 0 fully saturated rings. The third-order valence-electron chi connectivity index (χ3n) is 4.80. The van der Waals surface area contributed by atoms with Crippen LogP contribution in [0.2, 0.25) is 5.02 Å². The Bertz CT molecular complexity index is 887. The van der Waals surface area contributed by atoms with Gasteiger partial charge < -0.3 is 5.32 Å². The molecule has 1 N–H and O–H groups in total. The maximum absolute atomic E-state index is 6.20. The lowest BCUT2D eigenvalue weighted by molar-refractivity contribution is 0.431. The van der Waals surface area contributed by atoms with Gasteiger partial charge in [0.05, 0.1) is 12.1 Å². The summed E-state index contributed by atoms with van der Waals surface area (Å²) < 4.78 is 1.95. The van der Waals surface area contributed by atoms with E-state index in [2.05, 4.69) is 53.5 Å². The van der Waals surface area contributed by atoms with Gasteiger partial charge in [0, 0.05) is 5.02 Å². The van der Waals surface area contributed by atoms with Crippen LogP contribution in [0.4, 0.5) is 5.95 Å². The summed E-state index contributed by atoms with van der Waals surface area (Å²) in [6.07, 6.45) is 2.50. The summed E-state index contributed by atoms with van der Waals surface area (Å²) >= 11 is 6.20. The molecule has 0 spiro atoms. The Labute approximate surface area is 146 Å². The molecule has 0 radical (unpaired) electrons. The molecule has 0 bridgehead atoms. The third-order valence-corrected chi connectivity index (χ3v) is 5.03. The van der Waals surface area contributed by atoms with Crippen molar-refractivity contribution in [2.24, 2.45) is 0 Å². The smallest absolute Gasteiger partial charge is 0.222 e. The van der Waals surface area contributed by atoms with Crippen molar-refractivity contribution >= 4 is 17.5 Å². The van der Waals surface area contributed by atoms with Gasteiger partial charge in [0.15, 0.2) is 0 Å². The normalized spacial score (nSPS) is 19.6. The lowest BCUT2D eigenvalue weighted by atomic mass is 9.92. The van der Waals surface area contributed by atoms with Gasteiger partial charge in [-0.2, -0.15) is 10.1 Å². The van der Waals surface area contributed by atoms with Crippen LogP contribution in [0.15, 0.2) is 48.8 Å². The van der Waals surface area contributed by atoms with Crippen LogP contribution in [0.5, 0.6) is 0 Å². The number of hydrogen-bond acceptors (Lipinski definition) is 3. The second-order valence-corrected chi connectivity index (χ2v) is 6.81. The van der Waals surface area contributed by atoms with Gasteiger partial charge in [-0.1, -0.05) is 41.9 Å². The van der Waals surface area contributed by atoms with Gasteiger partial charge in [-0.15, -0.1) is 0 Å². The second-order valence-electron chi connectivity index (χ2n) is 6.38. The molecule has 3 aromatic rings. The number of benzene rings is 2. The Balaban J connectivity index is 1.74. The number of hydrogen-bond donors (Lipinski definition) is 1. The van der Waals surface area contributed by atoms with E-state index in [1.165, 1.54) is 16.7 Å². The van der Waals surface area contributed by atoms with Gasteiger partial charge in [-0.25, -0.2) is 4.68 Å². The van der Waals surface area contributed by atoms with E-state index in [0.29, 0.717) is 0 Å². The largest absolute Gasteiger partial charge is 0.348 e. The molecule has 2 unspecified atom stereocenters. The fourth-order valence-electron chi connectivity index (χ4n) is 3.31. The minimum absolute atomic E-state index is 0.119. The highest BCUT2D eigenvalue weighted by Gasteiger charge is 2.30. The van der Waals surface area contributed by atoms with Crippen molar-refractivity contribution in [3.8, 4) is 0 Å². The molecule has 2 aromatic carbocycles. The summed E-state index contributed by atoms with van der Waals surface area (Å²) in [5.41, 5.74) is 5.05. The molecule has 1 aliphatic heterocycles. The average molecular weight is 339 g/mol. The van der Waals surface area contributed by atoms with Gasteiger partial charge in [0.1, 0.15) is 6.33 Å². The predicted octanol–water partition coefficient (Wildman–Crippen LogP) is 4.69. The van der Waals surface area contributed by atoms with Crippen molar-refractivity contribution in [1.29, 1.82) is 0 Å². The fraction of sp³-hybridized carbons (Fsp3) is 0.263. The maximum Gasteiger partial charge on any atom is 0.222 e. The fourth-order valence-corrected chi connectivity index (χ4v) is 3.51. The minimum Gasteiger partial charge on any atom is -0.348 e. The number of aryl methyl sites for hydroxylation is 2. The SMILES string of the molecule is Cc1ccc(C2CC(c3cccc(Cl)c3)n3ncnc3N2)cc1C. The Kier molecular flexibility index (Phi) is 3.77. The number of nitrogens with zero attached hydrogens (tertiary/aromatic N) is 3. The zero-order valence-corrected chi connectivity index (χ0v) is 14.5. The quantitative estimate of drug-likeness (QED) is 0.736. The summed E-state index contributed by atoms with van der Waals surface area (Å²) in [7, 11) is 0. The van der Waals surface area contributed by atoms with Crippen LogP contribution in [0.3, 0.4) is 0 Å². The van der Waals surface area contributed by atoms with E-state index in [1.807, 2.05) is 22.9 Å². The molecule has 0 saturated heterocycles. The van der Waals surface area contributed by atoms with Crippen LogP contribution in [0.1, 0.15) is 40.8 Å². The van der Waals surface area contributed by atoms with Crippen molar-refractivity contribution in [3.63, 3.8) is 0 Å². The first-order valence-corrected chi connectivity index (χ1v) is 8.48. The van der Waals surface area contributed by atoms with Crippen molar-refractivity contribution in [2.45, 2.75) is 32.4 Å². The molecule has 4 rings (SSSR count). The molecule has 1 aliphatic rings. The number of halogens is 1. The lowest BCUT2D eigenvalue weighted by Gasteiger charge is -2.32. The van der Waals surface area contributed by atoms with E-state index in [9.17, 15) is 0 Å². The Morgan fingerprint density at radius 2 is 1.96 bits per heavy atom. The first-order chi connectivity index (χ1) is 11.6. The van der Waals surface area contributed by atoms with Crippen LogP contribution in [0, 0.1) is 13.8 Å². The van der Waals surface area contributed by atoms with Crippen LogP contribution in [0.25, 0.3) is 0 Å². The standard InChI is InChI=1S/C19H19ClN4/c1-12-6-7-14(8-13(12)2)17-10-18(15-4-3-5-16(20)9-15)24-19(23-17)21-11-22-24/h3-9,11,17-18H,10H2,1-2H3,(H,21,22,23). The molecular weight excluding hydrogens is 320 g/mol. The monoisotopic (exact) mass is 338 g/mol. The molecule has 0 aliphatic carbocycles. The lowest BCUT2D eigenvalue weighted by Crippen LogP contribution is -2.28. The van der Waals surface area contributed by atoms with Crippen LogP contribution in [-0.4, -0.2) is 14.8 Å². The number of rotatable bonds is 2. The maximum atomic E-state index is 6.20. The topological polar surface area (TPSA) is 42.7 Å². The molecule has 5 heteroatoms. The van der Waals surface area contributed by atoms with Gasteiger partial charge in [-0.3, -0.25) is 0 Å². The van der Waals surface area contributed by atoms with Crippen LogP contribution < -0.4 is 5.32 Å². The molecular formula is C19H19ClN4. The summed E-state index contributed by atoms with van der Waals surface area (Å²) in [5.74, 6) is 0.800. The highest BCUT2D eigenvalue weighted by molar-refractivity contribution is 6.30. The van der Waals surface area contributed by atoms with E-state index < -0.39 is 0 Å². The third kappa shape index (κ3) is 2.67. The summed E-state index contributed by atoms with van der Waals surface area (Å²) in [4.78, 5) is 4.38. The van der Waals surface area contributed by atoms with Crippen molar-refractivity contribution in [1.82, 2.24) is 14.8 Å². The van der Waals surface area contributed by atoms with E-state index in [-0.39, 0.29) is 12.1 Å². The molecule has 2 heterocycles. The van der Waals surface area contributed by atoms with E-state index >= 15 is 0 Å². The predicted molar refractivity (Wildman–Crippen MR) is 96.5 cm³/mol. The summed E-state index contributed by atoms with van der Waals surface area (Å²) in [6, 6.07) is 15.0. The Morgan fingerprint density at radius 1 is 1.08 bits per heavy atom. The van der Waals surface area contributed by atoms with E-state index in [1.54, 1.807) is 6.33 Å². The Morgan fingerprint density at radius 3 is 2.75 bits per heavy atom. The molecule has 0 saturated carbocycles.